The molecular weight excluding hydrogens is 404 g/mol. The molecule has 0 unspecified atom stereocenters. The monoisotopic (exact) mass is 420 g/mol. The van der Waals surface area contributed by atoms with Crippen molar-refractivity contribution in [2.24, 2.45) is 0 Å². The molecule has 0 saturated heterocycles. The zero-order chi connectivity index (χ0) is 21.1. The van der Waals surface area contributed by atoms with Gasteiger partial charge >= 0.3 is 5.97 Å². The van der Waals surface area contributed by atoms with Crippen LogP contribution in [0.1, 0.15) is 26.3 Å². The average molecular weight is 420 g/mol. The van der Waals surface area contributed by atoms with Gasteiger partial charge < -0.3 is 20.3 Å². The van der Waals surface area contributed by atoms with Crippen LogP contribution < -0.4 is 10.1 Å². The van der Waals surface area contributed by atoms with E-state index in [1.54, 1.807) is 42.6 Å². The van der Waals surface area contributed by atoms with Crippen LogP contribution in [-0.4, -0.2) is 27.1 Å². The molecule has 0 aliphatic rings. The fraction of sp³-hybridized carbons (Fsp3) is 0.0455. The Kier molecular flexibility index (Phi) is 5.32. The van der Waals surface area contributed by atoms with Crippen molar-refractivity contribution in [1.82, 2.24) is 4.98 Å². The zero-order valence-corrected chi connectivity index (χ0v) is 16.3. The summed E-state index contributed by atoms with van der Waals surface area (Å²) in [5.41, 5.74) is 1.69. The second-order valence-corrected chi connectivity index (χ2v) is 7.30. The number of aromatic nitrogens is 1. The molecule has 4 rings (SSSR count). The molecular formula is C22H16N2O5S. The molecule has 7 nitrogen and oxygen atoms in total. The van der Waals surface area contributed by atoms with Gasteiger partial charge in [0.25, 0.3) is 5.91 Å². The number of benzene rings is 2. The van der Waals surface area contributed by atoms with Gasteiger partial charge in [0.2, 0.25) is 0 Å². The summed E-state index contributed by atoms with van der Waals surface area (Å²) in [4.78, 5) is 27.7. The van der Waals surface area contributed by atoms with Crippen LogP contribution in [0.5, 0.6) is 11.5 Å². The van der Waals surface area contributed by atoms with Gasteiger partial charge in [0.05, 0.1) is 15.8 Å². The smallest absolute Gasteiger partial charge is 0.338 e. The first-order chi connectivity index (χ1) is 14.5. The normalized spacial score (nSPS) is 10.7. The highest BCUT2D eigenvalue weighted by molar-refractivity contribution is 7.17. The van der Waals surface area contributed by atoms with Crippen molar-refractivity contribution < 1.29 is 24.5 Å². The molecule has 2 heterocycles. The Labute approximate surface area is 175 Å². The summed E-state index contributed by atoms with van der Waals surface area (Å²) in [5.74, 6) is -1.01. The first kappa shape index (κ1) is 19.4. The maximum atomic E-state index is 12.4. The predicted octanol–water partition coefficient (Wildman–Crippen LogP) is 4.53. The highest BCUT2D eigenvalue weighted by atomic mass is 32.1. The van der Waals surface area contributed by atoms with Gasteiger partial charge in [-0.05, 0) is 29.6 Å². The van der Waals surface area contributed by atoms with Gasteiger partial charge in [-0.25, -0.2) is 4.79 Å². The Morgan fingerprint density at radius 3 is 2.70 bits per heavy atom. The number of thiophene rings is 1. The number of amides is 1. The summed E-state index contributed by atoms with van der Waals surface area (Å²) in [6.45, 7) is 0.224. The second-order valence-electron chi connectivity index (χ2n) is 6.42. The number of hydrogen-bond acceptors (Lipinski definition) is 6. The van der Waals surface area contributed by atoms with E-state index in [1.807, 2.05) is 5.38 Å². The van der Waals surface area contributed by atoms with Crippen molar-refractivity contribution in [3.05, 3.63) is 83.0 Å². The average Bonchev–Trinajstić information content (AvgIpc) is 3.16. The predicted molar refractivity (Wildman–Crippen MR) is 113 cm³/mol. The number of carboxylic acids is 1. The van der Waals surface area contributed by atoms with Crippen LogP contribution in [0.4, 0.5) is 5.69 Å². The number of carboxylic acid groups (broad SMARTS) is 1. The van der Waals surface area contributed by atoms with Crippen LogP contribution >= 0.6 is 11.3 Å². The number of anilines is 1. The Morgan fingerprint density at radius 2 is 1.90 bits per heavy atom. The van der Waals surface area contributed by atoms with Crippen LogP contribution in [0.2, 0.25) is 0 Å². The van der Waals surface area contributed by atoms with Crippen molar-refractivity contribution in [3.63, 3.8) is 0 Å². The van der Waals surface area contributed by atoms with E-state index in [0.29, 0.717) is 16.1 Å². The van der Waals surface area contributed by atoms with E-state index < -0.39 is 11.9 Å². The lowest BCUT2D eigenvalue weighted by Gasteiger charge is -2.10. The number of aromatic carboxylic acids is 1. The van der Waals surface area contributed by atoms with Gasteiger partial charge in [0.1, 0.15) is 18.1 Å². The molecule has 0 aliphatic heterocycles. The van der Waals surface area contributed by atoms with Crippen molar-refractivity contribution >= 4 is 39.0 Å². The molecule has 8 heteroatoms. The van der Waals surface area contributed by atoms with E-state index in [4.69, 9.17) is 4.74 Å². The molecule has 150 valence electrons. The number of hydrogen-bond donors (Lipinski definition) is 3. The molecule has 0 atom stereocenters. The fourth-order valence-corrected chi connectivity index (χ4v) is 3.98. The van der Waals surface area contributed by atoms with Gasteiger partial charge in [-0.1, -0.05) is 18.2 Å². The molecule has 2 aromatic heterocycles. The Bertz CT molecular complexity index is 1250. The molecule has 1 amide bonds. The van der Waals surface area contributed by atoms with Gasteiger partial charge in [-0.15, -0.1) is 11.3 Å². The van der Waals surface area contributed by atoms with Gasteiger partial charge in [0.15, 0.2) is 0 Å². The van der Waals surface area contributed by atoms with Crippen LogP contribution in [-0.2, 0) is 6.61 Å². The van der Waals surface area contributed by atoms with Crippen LogP contribution in [0.25, 0.3) is 10.1 Å². The standard InChI is InChI=1S/C22H16N2O5S/c25-19-7-2-1-6-16(19)21(26)24-14-4-3-5-15(8-14)29-11-13-12-30-20-17(13)9-23-10-18(20)22(27)28/h1-10,12,25H,11H2,(H,24,26)(H,27,28). The van der Waals surface area contributed by atoms with Gasteiger partial charge in [0, 0.05) is 35.1 Å². The molecule has 4 aromatic rings. The van der Waals surface area contributed by atoms with Gasteiger partial charge in [-0.3, -0.25) is 9.78 Å². The Hall–Kier alpha value is -3.91. The lowest BCUT2D eigenvalue weighted by molar-refractivity contribution is 0.0698. The first-order valence-corrected chi connectivity index (χ1v) is 9.80. The largest absolute Gasteiger partial charge is 0.507 e. The Balaban J connectivity index is 1.48. The van der Waals surface area contributed by atoms with E-state index in [9.17, 15) is 19.8 Å². The number of aromatic hydroxyl groups is 1. The number of pyridine rings is 1. The van der Waals surface area contributed by atoms with E-state index in [1.165, 1.54) is 29.7 Å². The van der Waals surface area contributed by atoms with E-state index in [-0.39, 0.29) is 23.5 Å². The fourth-order valence-electron chi connectivity index (χ4n) is 2.95. The van der Waals surface area contributed by atoms with Gasteiger partial charge in [-0.2, -0.15) is 0 Å². The second kappa shape index (κ2) is 8.22. The third kappa shape index (κ3) is 3.94. The molecule has 0 spiro atoms. The number of ether oxygens (including phenoxy) is 1. The lowest BCUT2D eigenvalue weighted by atomic mass is 10.2. The number of carbonyl (C=O) groups is 2. The quantitative estimate of drug-likeness (QED) is 0.423. The molecule has 0 fully saturated rings. The summed E-state index contributed by atoms with van der Waals surface area (Å²) in [6.07, 6.45) is 2.96. The first-order valence-electron chi connectivity index (χ1n) is 8.92. The van der Waals surface area contributed by atoms with E-state index in [2.05, 4.69) is 10.3 Å². The van der Waals surface area contributed by atoms with Crippen molar-refractivity contribution in [2.45, 2.75) is 6.61 Å². The number of rotatable bonds is 6. The summed E-state index contributed by atoms with van der Waals surface area (Å²) in [6, 6.07) is 13.2. The topological polar surface area (TPSA) is 109 Å². The molecule has 30 heavy (non-hydrogen) atoms. The minimum absolute atomic E-state index is 0.0962. The highest BCUT2D eigenvalue weighted by Gasteiger charge is 2.14. The van der Waals surface area contributed by atoms with Crippen LogP contribution in [0.3, 0.4) is 0 Å². The summed E-state index contributed by atoms with van der Waals surface area (Å²) < 4.78 is 6.49. The molecule has 3 N–H and O–H groups in total. The summed E-state index contributed by atoms with van der Waals surface area (Å²) in [5, 5.41) is 24.4. The van der Waals surface area contributed by atoms with Crippen LogP contribution in [0, 0.1) is 0 Å². The maximum absolute atomic E-state index is 12.4. The Morgan fingerprint density at radius 1 is 1.07 bits per heavy atom. The maximum Gasteiger partial charge on any atom is 0.338 e. The van der Waals surface area contributed by atoms with Crippen molar-refractivity contribution in [3.8, 4) is 11.5 Å². The number of nitrogens with one attached hydrogen (secondary N) is 1. The van der Waals surface area contributed by atoms with E-state index >= 15 is 0 Å². The number of fused-ring (bicyclic) bond motifs is 1. The molecule has 0 bridgehead atoms. The molecule has 0 aliphatic carbocycles. The van der Waals surface area contributed by atoms with Crippen LogP contribution in [0.15, 0.2) is 66.3 Å². The minimum atomic E-state index is -1.02. The number of carbonyl (C=O) groups excluding carboxylic acids is 1. The number of phenolic OH excluding ortho intramolecular Hbond substituents is 1. The van der Waals surface area contributed by atoms with Crippen molar-refractivity contribution in [2.75, 3.05) is 5.32 Å². The number of phenols is 1. The SMILES string of the molecule is O=C(Nc1cccc(OCc2csc3c(C(=O)O)cncc23)c1)c1ccccc1O. The number of nitrogens with zero attached hydrogens (tertiary/aromatic N) is 1. The molecule has 2 aromatic carbocycles. The highest BCUT2D eigenvalue weighted by Crippen LogP contribution is 2.29. The third-order valence-electron chi connectivity index (χ3n) is 4.43. The lowest BCUT2D eigenvalue weighted by Crippen LogP contribution is -2.12. The third-order valence-corrected chi connectivity index (χ3v) is 5.50. The summed E-state index contributed by atoms with van der Waals surface area (Å²) >= 11 is 1.33. The number of para-hydroxylation sites is 1. The summed E-state index contributed by atoms with van der Waals surface area (Å²) in [7, 11) is 0. The van der Waals surface area contributed by atoms with E-state index in [0.717, 1.165) is 10.9 Å². The minimum Gasteiger partial charge on any atom is -0.507 e. The zero-order valence-electron chi connectivity index (χ0n) is 15.5. The molecule has 0 radical (unpaired) electrons. The van der Waals surface area contributed by atoms with Crippen molar-refractivity contribution in [1.29, 1.82) is 0 Å². The molecule has 0 saturated carbocycles.